The van der Waals surface area contributed by atoms with E-state index >= 15 is 0 Å². The predicted octanol–water partition coefficient (Wildman–Crippen LogP) is 4.37. The molecule has 1 amide bonds. The van der Waals surface area contributed by atoms with Crippen molar-refractivity contribution < 1.29 is 24.2 Å². The number of hydrogen-bond acceptors (Lipinski definition) is 6. The zero-order valence-corrected chi connectivity index (χ0v) is 18.7. The Hall–Kier alpha value is -3.84. The molecule has 1 atom stereocenters. The number of Topliss-reactive ketones (excluding diaryl/α,β-unsaturated/α-hetero) is 1. The second-order valence-electron chi connectivity index (χ2n) is 7.38. The fraction of sp³-hybridized carbons (Fsp3) is 0.160. The number of carbonyl (C=O) groups excluding carboxylic acids is 2. The third kappa shape index (κ3) is 4.15. The molecule has 4 rings (SSSR count). The van der Waals surface area contributed by atoms with Crippen LogP contribution in [-0.2, 0) is 16.1 Å². The smallest absolute Gasteiger partial charge is 0.295 e. The number of carbonyl (C=O) groups is 2. The largest absolute Gasteiger partial charge is 0.507 e. The summed E-state index contributed by atoms with van der Waals surface area (Å²) in [5, 5.41) is 11.5. The molecule has 0 saturated carbocycles. The minimum absolute atomic E-state index is 0.0419. The number of ketones is 1. The molecule has 0 bridgehead atoms. The molecule has 1 aromatic heterocycles. The van der Waals surface area contributed by atoms with E-state index in [1.165, 1.54) is 31.3 Å². The van der Waals surface area contributed by atoms with Gasteiger partial charge in [0.1, 0.15) is 17.3 Å². The number of hydrogen-bond donors (Lipinski definition) is 1. The normalized spacial score (nSPS) is 17.3. The van der Waals surface area contributed by atoms with Crippen LogP contribution in [0.1, 0.15) is 22.7 Å². The summed E-state index contributed by atoms with van der Waals surface area (Å²) in [6.45, 7) is 0.171. The number of rotatable bonds is 6. The Morgan fingerprint density at radius 3 is 2.33 bits per heavy atom. The van der Waals surface area contributed by atoms with Crippen LogP contribution in [-0.4, -0.2) is 40.9 Å². The number of pyridine rings is 1. The molecule has 1 aliphatic rings. The molecule has 7 nitrogen and oxygen atoms in total. The van der Waals surface area contributed by atoms with Gasteiger partial charge in [-0.25, -0.2) is 0 Å². The van der Waals surface area contributed by atoms with Crippen LogP contribution in [0.4, 0.5) is 0 Å². The minimum Gasteiger partial charge on any atom is -0.507 e. The third-order valence-corrected chi connectivity index (χ3v) is 5.78. The van der Waals surface area contributed by atoms with E-state index in [4.69, 9.17) is 21.1 Å². The first kappa shape index (κ1) is 22.4. The average Bonchev–Trinajstić information content (AvgIpc) is 3.09. The number of amides is 1. The lowest BCUT2D eigenvalue weighted by atomic mass is 9.95. The molecule has 0 radical (unpaired) electrons. The molecule has 2 heterocycles. The zero-order chi connectivity index (χ0) is 23.5. The molecule has 2 aromatic carbocycles. The molecular formula is C25H21ClN2O5. The number of methoxy groups -OCH3 is 2. The van der Waals surface area contributed by atoms with Gasteiger partial charge in [0.05, 0.1) is 36.4 Å². The van der Waals surface area contributed by atoms with Crippen molar-refractivity contribution in [2.24, 2.45) is 0 Å². The Bertz CT molecular complexity index is 1230. The summed E-state index contributed by atoms with van der Waals surface area (Å²) in [6.07, 6.45) is 3.24. The van der Waals surface area contributed by atoms with E-state index in [1.807, 2.05) is 30.3 Å². The first-order valence-corrected chi connectivity index (χ1v) is 10.5. The van der Waals surface area contributed by atoms with E-state index in [2.05, 4.69) is 4.98 Å². The van der Waals surface area contributed by atoms with Crippen molar-refractivity contribution in [2.45, 2.75) is 12.6 Å². The summed E-state index contributed by atoms with van der Waals surface area (Å²) in [4.78, 5) is 31.7. The highest BCUT2D eigenvalue weighted by Gasteiger charge is 2.46. The second kappa shape index (κ2) is 9.34. The summed E-state index contributed by atoms with van der Waals surface area (Å²) in [5.41, 5.74) is 1.63. The van der Waals surface area contributed by atoms with Crippen molar-refractivity contribution in [3.8, 4) is 11.5 Å². The summed E-state index contributed by atoms with van der Waals surface area (Å²) in [5.74, 6) is -1.27. The fourth-order valence-electron chi connectivity index (χ4n) is 3.90. The Morgan fingerprint density at radius 2 is 1.70 bits per heavy atom. The molecule has 3 aromatic rings. The highest BCUT2D eigenvalue weighted by molar-refractivity contribution is 6.46. The van der Waals surface area contributed by atoms with Gasteiger partial charge in [0.2, 0.25) is 0 Å². The van der Waals surface area contributed by atoms with Gasteiger partial charge in [-0.1, -0.05) is 41.9 Å². The summed E-state index contributed by atoms with van der Waals surface area (Å²) < 4.78 is 10.6. The molecule has 1 aliphatic heterocycles. The highest BCUT2D eigenvalue weighted by Crippen LogP contribution is 2.43. The Labute approximate surface area is 195 Å². The van der Waals surface area contributed by atoms with Gasteiger partial charge in [-0.05, 0) is 29.3 Å². The number of aliphatic hydroxyl groups is 1. The fourth-order valence-corrected chi connectivity index (χ4v) is 4.14. The molecule has 1 N–H and O–H groups in total. The van der Waals surface area contributed by atoms with Gasteiger partial charge in [0, 0.05) is 25.0 Å². The molecule has 8 heteroatoms. The van der Waals surface area contributed by atoms with E-state index < -0.39 is 17.7 Å². The molecule has 1 unspecified atom stereocenters. The number of ether oxygens (including phenoxy) is 2. The summed E-state index contributed by atoms with van der Waals surface area (Å²) in [6, 6.07) is 14.8. The van der Waals surface area contributed by atoms with Crippen molar-refractivity contribution in [1.82, 2.24) is 9.88 Å². The van der Waals surface area contributed by atoms with Crippen molar-refractivity contribution in [2.75, 3.05) is 14.2 Å². The first-order chi connectivity index (χ1) is 16.0. The minimum atomic E-state index is -0.801. The van der Waals surface area contributed by atoms with E-state index in [0.29, 0.717) is 11.3 Å². The van der Waals surface area contributed by atoms with Crippen LogP contribution < -0.4 is 9.47 Å². The number of halogens is 1. The van der Waals surface area contributed by atoms with Crippen molar-refractivity contribution >= 4 is 29.1 Å². The van der Waals surface area contributed by atoms with E-state index in [-0.39, 0.29) is 34.2 Å². The lowest BCUT2D eigenvalue weighted by molar-refractivity contribution is -0.140. The standard InChI is InChI=1S/C25H21ClN2O5/c1-32-19-13-20(33-2)18(26)12-17(19)23(29)21-22(16-6-4-3-5-7-16)28(25(31)24(21)30)14-15-8-10-27-11-9-15/h3-13,22,29H,14H2,1-2H3/b23-21+. The Kier molecular flexibility index (Phi) is 6.33. The van der Waals surface area contributed by atoms with Crippen LogP contribution in [0.15, 0.2) is 72.6 Å². The SMILES string of the molecule is COc1cc(OC)c(/C(O)=C2\C(=O)C(=O)N(Cc3ccncc3)C2c2ccccc2)cc1Cl. The molecule has 1 fully saturated rings. The maximum atomic E-state index is 13.2. The summed E-state index contributed by atoms with van der Waals surface area (Å²) >= 11 is 6.28. The van der Waals surface area contributed by atoms with Crippen LogP contribution in [0, 0.1) is 0 Å². The average molecular weight is 465 g/mol. The van der Waals surface area contributed by atoms with E-state index in [0.717, 1.165) is 5.56 Å². The number of nitrogens with zero attached hydrogens (tertiary/aromatic N) is 2. The number of aliphatic hydroxyl groups excluding tert-OH is 1. The molecule has 1 saturated heterocycles. The number of likely N-dealkylation sites (tertiary alicyclic amines) is 1. The highest BCUT2D eigenvalue weighted by atomic mass is 35.5. The molecule has 0 aliphatic carbocycles. The van der Waals surface area contributed by atoms with E-state index in [9.17, 15) is 14.7 Å². The van der Waals surface area contributed by atoms with Crippen LogP contribution in [0.3, 0.4) is 0 Å². The molecule has 0 spiro atoms. The monoisotopic (exact) mass is 464 g/mol. The molecular weight excluding hydrogens is 444 g/mol. The first-order valence-electron chi connectivity index (χ1n) is 10.1. The van der Waals surface area contributed by atoms with E-state index in [1.54, 1.807) is 24.5 Å². The molecule has 33 heavy (non-hydrogen) atoms. The number of benzene rings is 2. The van der Waals surface area contributed by atoms with Gasteiger partial charge >= 0.3 is 0 Å². The van der Waals surface area contributed by atoms with Crippen LogP contribution in [0.25, 0.3) is 5.76 Å². The van der Waals surface area contributed by atoms with Gasteiger partial charge in [-0.15, -0.1) is 0 Å². The second-order valence-corrected chi connectivity index (χ2v) is 7.79. The topological polar surface area (TPSA) is 89.0 Å². The lowest BCUT2D eigenvalue weighted by Gasteiger charge is -2.25. The lowest BCUT2D eigenvalue weighted by Crippen LogP contribution is -2.29. The molecule has 168 valence electrons. The van der Waals surface area contributed by atoms with Gasteiger partial charge in [-0.3, -0.25) is 14.6 Å². The maximum absolute atomic E-state index is 13.2. The Morgan fingerprint density at radius 1 is 1.03 bits per heavy atom. The predicted molar refractivity (Wildman–Crippen MR) is 123 cm³/mol. The Balaban J connectivity index is 1.90. The van der Waals surface area contributed by atoms with Gasteiger partial charge in [0.25, 0.3) is 11.7 Å². The van der Waals surface area contributed by atoms with Gasteiger partial charge in [-0.2, -0.15) is 0 Å². The van der Waals surface area contributed by atoms with Crippen molar-refractivity contribution in [1.29, 1.82) is 0 Å². The zero-order valence-electron chi connectivity index (χ0n) is 18.0. The van der Waals surface area contributed by atoms with Crippen LogP contribution in [0.2, 0.25) is 5.02 Å². The van der Waals surface area contributed by atoms with Gasteiger partial charge < -0.3 is 19.5 Å². The maximum Gasteiger partial charge on any atom is 0.295 e. The third-order valence-electron chi connectivity index (χ3n) is 5.49. The van der Waals surface area contributed by atoms with Gasteiger partial charge in [0.15, 0.2) is 0 Å². The van der Waals surface area contributed by atoms with Crippen LogP contribution >= 0.6 is 11.6 Å². The van der Waals surface area contributed by atoms with Crippen LogP contribution in [0.5, 0.6) is 11.5 Å². The summed E-state index contributed by atoms with van der Waals surface area (Å²) in [7, 11) is 2.89. The number of aromatic nitrogens is 1. The van der Waals surface area contributed by atoms with Crippen molar-refractivity contribution in [3.05, 3.63) is 94.3 Å². The van der Waals surface area contributed by atoms with Crippen molar-refractivity contribution in [3.63, 3.8) is 0 Å². The quantitative estimate of drug-likeness (QED) is 0.331.